The number of nitrogens with zero attached hydrogens (tertiary/aromatic N) is 1. The zero-order valence-corrected chi connectivity index (χ0v) is 10.5. The van der Waals surface area contributed by atoms with Gasteiger partial charge in [0, 0.05) is 12.6 Å². The molecule has 0 amide bonds. The maximum atomic E-state index is 5.90. The second-order valence-corrected chi connectivity index (χ2v) is 5.22. The summed E-state index contributed by atoms with van der Waals surface area (Å²) in [6.07, 6.45) is 9.39. The highest BCUT2D eigenvalue weighted by atomic mass is 15.1. The zero-order chi connectivity index (χ0) is 11.1. The molecule has 0 spiro atoms. The van der Waals surface area contributed by atoms with Crippen molar-refractivity contribution in [3.63, 3.8) is 0 Å². The molecule has 90 valence electrons. The Bertz CT molecular complexity index is 153. The van der Waals surface area contributed by atoms with Gasteiger partial charge < -0.3 is 10.6 Å². The van der Waals surface area contributed by atoms with E-state index in [-0.39, 0.29) is 0 Å². The minimum Gasteiger partial charge on any atom is -0.328 e. The van der Waals surface area contributed by atoms with Crippen molar-refractivity contribution in [1.29, 1.82) is 0 Å². The van der Waals surface area contributed by atoms with Crippen molar-refractivity contribution >= 4 is 0 Å². The van der Waals surface area contributed by atoms with Gasteiger partial charge in [0.1, 0.15) is 0 Å². The van der Waals surface area contributed by atoms with Crippen molar-refractivity contribution in [1.82, 2.24) is 4.90 Å². The molecule has 1 saturated carbocycles. The second kappa shape index (κ2) is 7.24. The molecule has 0 saturated heterocycles. The normalized spacial score (nSPS) is 20.0. The van der Waals surface area contributed by atoms with E-state index >= 15 is 0 Å². The molecule has 2 N–H and O–H groups in total. The first-order valence-electron chi connectivity index (χ1n) is 6.66. The third-order valence-corrected chi connectivity index (χ3v) is 3.68. The molecule has 15 heavy (non-hydrogen) atoms. The van der Waals surface area contributed by atoms with E-state index in [4.69, 9.17) is 5.73 Å². The largest absolute Gasteiger partial charge is 0.328 e. The summed E-state index contributed by atoms with van der Waals surface area (Å²) in [4.78, 5) is 2.50. The van der Waals surface area contributed by atoms with Crippen LogP contribution in [0.2, 0.25) is 0 Å². The summed E-state index contributed by atoms with van der Waals surface area (Å²) in [6.45, 7) is 4.71. The van der Waals surface area contributed by atoms with E-state index < -0.39 is 0 Å². The van der Waals surface area contributed by atoms with Gasteiger partial charge in [-0.05, 0) is 51.6 Å². The summed E-state index contributed by atoms with van der Waals surface area (Å²) in [7, 11) is 2.26. The van der Waals surface area contributed by atoms with Crippen LogP contribution in [0.5, 0.6) is 0 Å². The maximum absolute atomic E-state index is 5.90. The Morgan fingerprint density at radius 3 is 2.60 bits per heavy atom. The van der Waals surface area contributed by atoms with Gasteiger partial charge in [0.25, 0.3) is 0 Å². The standard InChI is InChI=1S/C13H28N2/c1-3-13(14)9-6-10-15(2)11-12-7-4-5-8-12/h12-13H,3-11,14H2,1-2H3. The van der Waals surface area contributed by atoms with Gasteiger partial charge in [-0.1, -0.05) is 19.8 Å². The lowest BCUT2D eigenvalue weighted by Crippen LogP contribution is -2.27. The predicted molar refractivity (Wildman–Crippen MR) is 67.0 cm³/mol. The Balaban J connectivity index is 2.00. The lowest BCUT2D eigenvalue weighted by atomic mass is 10.1. The molecule has 0 aromatic rings. The van der Waals surface area contributed by atoms with E-state index in [0.717, 1.165) is 12.3 Å². The van der Waals surface area contributed by atoms with E-state index in [1.54, 1.807) is 0 Å². The van der Waals surface area contributed by atoms with Crippen molar-refractivity contribution in [3.8, 4) is 0 Å². The topological polar surface area (TPSA) is 29.3 Å². The molecule has 1 unspecified atom stereocenters. The number of hydrogen-bond donors (Lipinski definition) is 1. The van der Waals surface area contributed by atoms with Gasteiger partial charge in [-0.25, -0.2) is 0 Å². The van der Waals surface area contributed by atoms with Crippen LogP contribution in [0.4, 0.5) is 0 Å². The molecule has 0 radical (unpaired) electrons. The molecule has 0 aromatic carbocycles. The fourth-order valence-corrected chi connectivity index (χ4v) is 2.55. The summed E-state index contributed by atoms with van der Waals surface area (Å²) in [5.41, 5.74) is 5.90. The van der Waals surface area contributed by atoms with Crippen LogP contribution in [0.25, 0.3) is 0 Å². The molecule has 2 heteroatoms. The van der Waals surface area contributed by atoms with Gasteiger partial charge in [0.15, 0.2) is 0 Å². The van der Waals surface area contributed by atoms with Crippen LogP contribution in [0.15, 0.2) is 0 Å². The summed E-state index contributed by atoms with van der Waals surface area (Å²) in [5.74, 6) is 0.981. The van der Waals surface area contributed by atoms with E-state index in [9.17, 15) is 0 Å². The molecular formula is C13H28N2. The first kappa shape index (κ1) is 13.0. The lowest BCUT2D eigenvalue weighted by Gasteiger charge is -2.21. The van der Waals surface area contributed by atoms with Gasteiger partial charge in [-0.3, -0.25) is 0 Å². The molecule has 1 aliphatic rings. The molecule has 1 fully saturated rings. The second-order valence-electron chi connectivity index (χ2n) is 5.22. The van der Waals surface area contributed by atoms with Crippen LogP contribution >= 0.6 is 0 Å². The Labute approximate surface area is 95.2 Å². The van der Waals surface area contributed by atoms with E-state index in [1.165, 1.54) is 51.6 Å². The molecule has 0 aliphatic heterocycles. The minimum absolute atomic E-state index is 0.421. The van der Waals surface area contributed by atoms with Crippen molar-refractivity contribution in [2.75, 3.05) is 20.1 Å². The minimum atomic E-state index is 0.421. The zero-order valence-electron chi connectivity index (χ0n) is 10.5. The molecule has 1 atom stereocenters. The van der Waals surface area contributed by atoms with Crippen molar-refractivity contribution in [3.05, 3.63) is 0 Å². The Morgan fingerprint density at radius 1 is 1.33 bits per heavy atom. The molecule has 2 nitrogen and oxygen atoms in total. The van der Waals surface area contributed by atoms with Crippen molar-refractivity contribution in [2.45, 2.75) is 57.9 Å². The molecule has 0 heterocycles. The van der Waals surface area contributed by atoms with Gasteiger partial charge in [-0.15, -0.1) is 0 Å². The first-order valence-corrected chi connectivity index (χ1v) is 6.66. The van der Waals surface area contributed by atoms with Crippen LogP contribution in [0.1, 0.15) is 51.9 Å². The SMILES string of the molecule is CCC(N)CCCN(C)CC1CCCC1. The fourth-order valence-electron chi connectivity index (χ4n) is 2.55. The summed E-state index contributed by atoms with van der Waals surface area (Å²) in [6, 6.07) is 0.421. The van der Waals surface area contributed by atoms with Gasteiger partial charge in [0.2, 0.25) is 0 Å². The van der Waals surface area contributed by atoms with Crippen LogP contribution in [0, 0.1) is 5.92 Å². The van der Waals surface area contributed by atoms with Crippen molar-refractivity contribution < 1.29 is 0 Å². The Kier molecular flexibility index (Phi) is 6.26. The summed E-state index contributed by atoms with van der Waals surface area (Å²) < 4.78 is 0. The summed E-state index contributed by atoms with van der Waals surface area (Å²) >= 11 is 0. The highest BCUT2D eigenvalue weighted by Gasteiger charge is 2.16. The van der Waals surface area contributed by atoms with E-state index in [1.807, 2.05) is 0 Å². The van der Waals surface area contributed by atoms with Crippen molar-refractivity contribution in [2.24, 2.45) is 11.7 Å². The van der Waals surface area contributed by atoms with Crippen LogP contribution < -0.4 is 5.73 Å². The molecule has 1 aliphatic carbocycles. The molecular weight excluding hydrogens is 184 g/mol. The lowest BCUT2D eigenvalue weighted by molar-refractivity contribution is 0.270. The van der Waals surface area contributed by atoms with Crippen LogP contribution in [0.3, 0.4) is 0 Å². The maximum Gasteiger partial charge on any atom is 0.00366 e. The quantitative estimate of drug-likeness (QED) is 0.703. The van der Waals surface area contributed by atoms with Gasteiger partial charge in [0.05, 0.1) is 0 Å². The third-order valence-electron chi connectivity index (χ3n) is 3.68. The van der Waals surface area contributed by atoms with E-state index in [2.05, 4.69) is 18.9 Å². The van der Waals surface area contributed by atoms with Crippen LogP contribution in [-0.2, 0) is 0 Å². The first-order chi connectivity index (χ1) is 7.22. The number of rotatable bonds is 7. The average Bonchev–Trinajstić information content (AvgIpc) is 2.70. The third kappa shape index (κ3) is 5.53. The summed E-state index contributed by atoms with van der Waals surface area (Å²) in [5, 5.41) is 0. The predicted octanol–water partition coefficient (Wildman–Crippen LogP) is 2.63. The highest BCUT2D eigenvalue weighted by molar-refractivity contribution is 4.70. The molecule has 0 aromatic heterocycles. The average molecular weight is 212 g/mol. The Morgan fingerprint density at radius 2 is 2.00 bits per heavy atom. The molecule has 0 bridgehead atoms. The van der Waals surface area contributed by atoms with Gasteiger partial charge >= 0.3 is 0 Å². The monoisotopic (exact) mass is 212 g/mol. The van der Waals surface area contributed by atoms with E-state index in [0.29, 0.717) is 6.04 Å². The smallest absolute Gasteiger partial charge is 0.00366 e. The fraction of sp³-hybridized carbons (Fsp3) is 1.00. The number of nitrogens with two attached hydrogens (primary N) is 1. The molecule has 1 rings (SSSR count). The number of hydrogen-bond acceptors (Lipinski definition) is 2. The highest BCUT2D eigenvalue weighted by Crippen LogP contribution is 2.25. The van der Waals surface area contributed by atoms with Crippen LogP contribution in [-0.4, -0.2) is 31.1 Å². The Hall–Kier alpha value is -0.0800. The van der Waals surface area contributed by atoms with Gasteiger partial charge in [-0.2, -0.15) is 0 Å².